The largest absolute Gasteiger partial charge is 0.486 e. The van der Waals surface area contributed by atoms with Crippen LogP contribution in [0, 0.1) is 25.2 Å². The molecule has 0 spiro atoms. The number of halogens is 4. The summed E-state index contributed by atoms with van der Waals surface area (Å²) < 4.78 is 7.23. The molecular weight excluding hydrogens is 591 g/mol. The number of aryl methyl sites for hydroxylation is 2. The van der Waals surface area contributed by atoms with Gasteiger partial charge in [0.05, 0.1) is 8.95 Å². The second kappa shape index (κ2) is 11.2. The summed E-state index contributed by atoms with van der Waals surface area (Å²) in [5.41, 5.74) is 4.03. The SMILES string of the molecule is Cc1ccc(C)c(NC(=O)/C(C#N)=C/c2cc(Br)c(OCc3ccc(Cl)cc3Cl)c(Br)c2)c1. The zero-order valence-electron chi connectivity index (χ0n) is 17.7. The molecule has 1 amide bonds. The summed E-state index contributed by atoms with van der Waals surface area (Å²) in [6.07, 6.45) is 1.52. The number of nitrogens with one attached hydrogen (secondary N) is 1. The first-order chi connectivity index (χ1) is 15.7. The van der Waals surface area contributed by atoms with E-state index in [1.54, 1.807) is 30.3 Å². The molecule has 0 aliphatic heterocycles. The van der Waals surface area contributed by atoms with Crippen molar-refractivity contribution < 1.29 is 9.53 Å². The van der Waals surface area contributed by atoms with E-state index in [0.717, 1.165) is 16.7 Å². The van der Waals surface area contributed by atoms with Gasteiger partial charge in [-0.15, -0.1) is 0 Å². The van der Waals surface area contributed by atoms with Crippen molar-refractivity contribution in [2.45, 2.75) is 20.5 Å². The molecule has 0 saturated heterocycles. The lowest BCUT2D eigenvalue weighted by molar-refractivity contribution is -0.112. The van der Waals surface area contributed by atoms with Crippen molar-refractivity contribution in [2.24, 2.45) is 0 Å². The third-order valence-electron chi connectivity index (χ3n) is 4.73. The summed E-state index contributed by atoms with van der Waals surface area (Å²) in [6.45, 7) is 4.08. The minimum Gasteiger partial charge on any atom is -0.486 e. The fourth-order valence-electron chi connectivity index (χ4n) is 2.96. The smallest absolute Gasteiger partial charge is 0.266 e. The molecule has 0 aromatic heterocycles. The maximum absolute atomic E-state index is 12.7. The van der Waals surface area contributed by atoms with Crippen LogP contribution in [-0.4, -0.2) is 5.91 Å². The lowest BCUT2D eigenvalue weighted by Gasteiger charge is -2.13. The van der Waals surface area contributed by atoms with E-state index in [1.807, 2.05) is 38.1 Å². The highest BCUT2D eigenvalue weighted by Gasteiger charge is 2.14. The quantitative estimate of drug-likeness (QED) is 0.226. The number of rotatable bonds is 6. The normalized spacial score (nSPS) is 11.1. The highest BCUT2D eigenvalue weighted by molar-refractivity contribution is 9.11. The van der Waals surface area contributed by atoms with Gasteiger partial charge in [-0.3, -0.25) is 4.79 Å². The van der Waals surface area contributed by atoms with Gasteiger partial charge in [0, 0.05) is 21.3 Å². The summed E-state index contributed by atoms with van der Waals surface area (Å²) in [5.74, 6) is 0.0904. The summed E-state index contributed by atoms with van der Waals surface area (Å²) in [5, 5.41) is 13.4. The Bertz CT molecular complexity index is 1280. The van der Waals surface area contributed by atoms with Gasteiger partial charge in [0.25, 0.3) is 5.91 Å². The Kier molecular flexibility index (Phi) is 8.61. The van der Waals surface area contributed by atoms with E-state index in [-0.39, 0.29) is 12.2 Å². The number of carbonyl (C=O) groups excluding carboxylic acids is 1. The molecule has 0 radical (unpaired) electrons. The van der Waals surface area contributed by atoms with E-state index in [2.05, 4.69) is 37.2 Å². The topological polar surface area (TPSA) is 62.1 Å². The van der Waals surface area contributed by atoms with Gasteiger partial charge in [0.2, 0.25) is 0 Å². The number of hydrogen-bond donors (Lipinski definition) is 1. The average Bonchev–Trinajstić information content (AvgIpc) is 2.75. The number of benzene rings is 3. The number of ether oxygens (including phenoxy) is 1. The van der Waals surface area contributed by atoms with Crippen molar-refractivity contribution in [3.63, 3.8) is 0 Å². The van der Waals surface area contributed by atoms with Gasteiger partial charge in [-0.2, -0.15) is 5.26 Å². The fraction of sp³-hybridized carbons (Fsp3) is 0.120. The maximum atomic E-state index is 12.7. The van der Waals surface area contributed by atoms with E-state index >= 15 is 0 Å². The van der Waals surface area contributed by atoms with Crippen LogP contribution < -0.4 is 10.1 Å². The minimum atomic E-state index is -0.476. The zero-order valence-corrected chi connectivity index (χ0v) is 22.4. The van der Waals surface area contributed by atoms with Gasteiger partial charge in [0.1, 0.15) is 24.0 Å². The Hall–Kier alpha value is -2.30. The van der Waals surface area contributed by atoms with E-state index in [1.165, 1.54) is 6.08 Å². The third-order valence-corrected chi connectivity index (χ3v) is 6.49. The number of carbonyl (C=O) groups is 1. The molecule has 0 atom stereocenters. The van der Waals surface area contributed by atoms with Crippen LogP contribution in [0.4, 0.5) is 5.69 Å². The number of anilines is 1. The lowest BCUT2D eigenvalue weighted by atomic mass is 10.1. The second-order valence-corrected chi connectivity index (χ2v) is 9.83. The standard InChI is InChI=1S/C25H18Br2Cl2N2O2/c1-14-3-4-15(2)23(7-14)31-25(32)18(12-30)8-16-9-20(26)24(21(27)10-16)33-13-17-5-6-19(28)11-22(17)29/h3-11H,13H2,1-2H3,(H,31,32)/b18-8+. The van der Waals surface area contributed by atoms with Crippen LogP contribution in [0.3, 0.4) is 0 Å². The van der Waals surface area contributed by atoms with Crippen LogP contribution in [0.1, 0.15) is 22.3 Å². The van der Waals surface area contributed by atoms with Gasteiger partial charge >= 0.3 is 0 Å². The maximum Gasteiger partial charge on any atom is 0.266 e. The van der Waals surface area contributed by atoms with Gasteiger partial charge in [-0.25, -0.2) is 0 Å². The van der Waals surface area contributed by atoms with Crippen molar-refractivity contribution in [3.05, 3.63) is 95.3 Å². The van der Waals surface area contributed by atoms with Crippen LogP contribution in [0.5, 0.6) is 5.75 Å². The van der Waals surface area contributed by atoms with Gasteiger partial charge in [-0.1, -0.05) is 41.4 Å². The van der Waals surface area contributed by atoms with Crippen molar-refractivity contribution >= 4 is 72.7 Å². The Morgan fingerprint density at radius 3 is 2.42 bits per heavy atom. The number of amides is 1. The predicted octanol–water partition coefficient (Wildman–Crippen LogP) is 8.26. The van der Waals surface area contributed by atoms with Crippen LogP contribution >= 0.6 is 55.1 Å². The Morgan fingerprint density at radius 1 is 1.09 bits per heavy atom. The molecular formula is C25H18Br2Cl2N2O2. The number of hydrogen-bond acceptors (Lipinski definition) is 3. The molecule has 0 heterocycles. The molecule has 33 heavy (non-hydrogen) atoms. The first-order valence-electron chi connectivity index (χ1n) is 9.74. The van der Waals surface area contributed by atoms with Crippen molar-refractivity contribution in [3.8, 4) is 11.8 Å². The molecule has 0 bridgehead atoms. The first-order valence-corrected chi connectivity index (χ1v) is 12.1. The van der Waals surface area contributed by atoms with E-state index in [0.29, 0.717) is 36.0 Å². The van der Waals surface area contributed by atoms with Crippen molar-refractivity contribution in [2.75, 3.05) is 5.32 Å². The van der Waals surface area contributed by atoms with Gasteiger partial charge < -0.3 is 10.1 Å². The summed E-state index contributed by atoms with van der Waals surface area (Å²) in [4.78, 5) is 12.7. The van der Waals surface area contributed by atoms with Gasteiger partial charge in [-0.05, 0) is 98.8 Å². The average molecular weight is 609 g/mol. The van der Waals surface area contributed by atoms with E-state index in [9.17, 15) is 10.1 Å². The molecule has 4 nitrogen and oxygen atoms in total. The van der Waals surface area contributed by atoms with E-state index in [4.69, 9.17) is 27.9 Å². The van der Waals surface area contributed by atoms with Crippen molar-refractivity contribution in [1.82, 2.24) is 0 Å². The fourth-order valence-corrected chi connectivity index (χ4v) is 4.88. The highest BCUT2D eigenvalue weighted by atomic mass is 79.9. The van der Waals surface area contributed by atoms with Gasteiger partial charge in [0.15, 0.2) is 0 Å². The zero-order chi connectivity index (χ0) is 24.1. The van der Waals surface area contributed by atoms with Crippen LogP contribution in [0.15, 0.2) is 63.0 Å². The molecule has 0 unspecified atom stereocenters. The highest BCUT2D eigenvalue weighted by Crippen LogP contribution is 2.36. The molecule has 0 aliphatic rings. The molecule has 3 aromatic carbocycles. The molecule has 3 rings (SSSR count). The van der Waals surface area contributed by atoms with Crippen LogP contribution in [0.2, 0.25) is 10.0 Å². The molecule has 3 aromatic rings. The molecule has 0 saturated carbocycles. The third kappa shape index (κ3) is 6.61. The number of nitrogens with zero attached hydrogens (tertiary/aromatic N) is 1. The second-order valence-electron chi connectivity index (χ2n) is 7.28. The Morgan fingerprint density at radius 2 is 1.79 bits per heavy atom. The Balaban J connectivity index is 1.80. The summed E-state index contributed by atoms with van der Waals surface area (Å²) >= 11 is 19.2. The van der Waals surface area contributed by atoms with Crippen LogP contribution in [0.25, 0.3) is 6.08 Å². The minimum absolute atomic E-state index is 0.0173. The Labute approximate surface area is 219 Å². The lowest BCUT2D eigenvalue weighted by Crippen LogP contribution is -2.14. The van der Waals surface area contributed by atoms with E-state index < -0.39 is 5.91 Å². The number of nitriles is 1. The van der Waals surface area contributed by atoms with Crippen LogP contribution in [-0.2, 0) is 11.4 Å². The summed E-state index contributed by atoms with van der Waals surface area (Å²) in [7, 11) is 0. The molecule has 0 aliphatic carbocycles. The molecule has 0 fully saturated rings. The monoisotopic (exact) mass is 606 g/mol. The summed E-state index contributed by atoms with van der Waals surface area (Å²) in [6, 6.07) is 16.5. The first kappa shape index (κ1) is 25.3. The molecule has 1 N–H and O–H groups in total. The predicted molar refractivity (Wildman–Crippen MR) is 141 cm³/mol. The molecule has 8 heteroatoms. The molecule has 168 valence electrons. The van der Waals surface area contributed by atoms with Crippen molar-refractivity contribution in [1.29, 1.82) is 5.26 Å².